The van der Waals surface area contributed by atoms with Gasteiger partial charge in [-0.15, -0.1) is 0 Å². The van der Waals surface area contributed by atoms with Gasteiger partial charge < -0.3 is 25.8 Å². The van der Waals surface area contributed by atoms with Gasteiger partial charge in [0.05, 0.1) is 18.8 Å². The monoisotopic (exact) mass is 607 g/mol. The Hall–Kier alpha value is -3.66. The number of ether oxygens (including phenoxy) is 2. The average Bonchev–Trinajstić information content (AvgIpc) is 3.05. The van der Waals surface area contributed by atoms with Crippen molar-refractivity contribution in [2.24, 2.45) is 17.6 Å². The third-order valence-electron chi connectivity index (χ3n) is 7.89. The van der Waals surface area contributed by atoms with Crippen LogP contribution < -0.4 is 25.8 Å². The number of piperidine rings is 2. The summed E-state index contributed by atoms with van der Waals surface area (Å²) in [6.07, 6.45) is 5.21. The molecule has 1 unspecified atom stereocenters. The van der Waals surface area contributed by atoms with E-state index in [1.807, 2.05) is 66.7 Å². The molecule has 0 saturated carbocycles. The number of nitrogens with two attached hydrogens (primary N) is 1. The number of rotatable bonds is 10. The first-order valence-corrected chi connectivity index (χ1v) is 15.3. The Balaban J connectivity index is 0.000000403. The standard InChI is InChI=1S/C27H30ClN3O3.C6H12N2O/c1-33-23-5-4-6-24(19-23)34-18-17-31-15-12-21(13-16-31)27(32)30-26(25-7-2-3-14-29-25)20-8-10-22(28)11-9-20;7-6(9)5-1-3-8-4-2-5/h2-11,14,19,21,26H,12-13,15-18H2,1H3,(H,30,32);5,8H,1-4H2,(H2,7,9). The molecule has 4 N–H and O–H groups in total. The van der Waals surface area contributed by atoms with Crippen molar-refractivity contribution in [1.29, 1.82) is 0 Å². The van der Waals surface area contributed by atoms with E-state index in [1.165, 1.54) is 0 Å². The van der Waals surface area contributed by atoms with Crippen LogP contribution >= 0.6 is 11.6 Å². The summed E-state index contributed by atoms with van der Waals surface area (Å²) in [5.41, 5.74) is 6.87. The Kier molecular flexibility index (Phi) is 12.6. The van der Waals surface area contributed by atoms with Crippen molar-refractivity contribution in [1.82, 2.24) is 20.5 Å². The van der Waals surface area contributed by atoms with Gasteiger partial charge in [0.1, 0.15) is 18.1 Å². The van der Waals surface area contributed by atoms with E-state index in [4.69, 9.17) is 26.8 Å². The maximum Gasteiger partial charge on any atom is 0.224 e. The van der Waals surface area contributed by atoms with Gasteiger partial charge in [-0.25, -0.2) is 0 Å². The van der Waals surface area contributed by atoms with Crippen LogP contribution in [-0.4, -0.2) is 68.1 Å². The smallest absolute Gasteiger partial charge is 0.224 e. The second-order valence-corrected chi connectivity index (χ2v) is 11.3. The van der Waals surface area contributed by atoms with Crippen LogP contribution in [0.3, 0.4) is 0 Å². The number of likely N-dealkylation sites (tertiary alicyclic amines) is 1. The Morgan fingerprint density at radius 3 is 2.35 bits per heavy atom. The van der Waals surface area contributed by atoms with Gasteiger partial charge in [-0.1, -0.05) is 35.9 Å². The molecule has 2 aliphatic heterocycles. The predicted molar refractivity (Wildman–Crippen MR) is 168 cm³/mol. The summed E-state index contributed by atoms with van der Waals surface area (Å²) < 4.78 is 11.1. The molecule has 230 valence electrons. The molecule has 10 heteroatoms. The Morgan fingerprint density at radius 1 is 1.00 bits per heavy atom. The van der Waals surface area contributed by atoms with Crippen molar-refractivity contribution in [2.45, 2.75) is 31.7 Å². The summed E-state index contributed by atoms with van der Waals surface area (Å²) in [7, 11) is 1.65. The second kappa shape index (κ2) is 16.8. The maximum atomic E-state index is 13.2. The fraction of sp³-hybridized carbons (Fsp3) is 0.424. The van der Waals surface area contributed by atoms with Gasteiger partial charge in [0.2, 0.25) is 11.8 Å². The number of amides is 2. The summed E-state index contributed by atoms with van der Waals surface area (Å²) in [5, 5.41) is 7.06. The third kappa shape index (κ3) is 10.2. The summed E-state index contributed by atoms with van der Waals surface area (Å²) in [5.74, 6) is 1.62. The first-order chi connectivity index (χ1) is 20.9. The number of aromatic nitrogens is 1. The van der Waals surface area contributed by atoms with E-state index in [1.54, 1.807) is 13.3 Å². The summed E-state index contributed by atoms with van der Waals surface area (Å²) in [6.45, 7) is 5.04. The third-order valence-corrected chi connectivity index (χ3v) is 8.14. The molecule has 2 aliphatic rings. The normalized spacial score (nSPS) is 16.8. The van der Waals surface area contributed by atoms with E-state index in [2.05, 4.69) is 20.5 Å². The molecule has 9 nitrogen and oxygen atoms in total. The maximum absolute atomic E-state index is 13.2. The van der Waals surface area contributed by atoms with Gasteiger partial charge in [0.15, 0.2) is 0 Å². The molecule has 1 aromatic heterocycles. The molecule has 3 heterocycles. The van der Waals surface area contributed by atoms with E-state index < -0.39 is 0 Å². The molecule has 2 aromatic carbocycles. The Morgan fingerprint density at radius 2 is 1.72 bits per heavy atom. The second-order valence-electron chi connectivity index (χ2n) is 10.8. The van der Waals surface area contributed by atoms with Crippen LogP contribution in [0.1, 0.15) is 43.0 Å². The minimum atomic E-state index is -0.305. The zero-order chi connectivity index (χ0) is 30.4. The van der Waals surface area contributed by atoms with Crippen molar-refractivity contribution in [3.8, 4) is 11.5 Å². The van der Waals surface area contributed by atoms with E-state index in [9.17, 15) is 9.59 Å². The fourth-order valence-corrected chi connectivity index (χ4v) is 5.42. The van der Waals surface area contributed by atoms with Crippen molar-refractivity contribution in [3.05, 3.63) is 89.2 Å². The number of carbonyl (C=O) groups excluding carboxylic acids is 2. The fourth-order valence-electron chi connectivity index (χ4n) is 5.30. The van der Waals surface area contributed by atoms with Crippen LogP contribution in [0, 0.1) is 11.8 Å². The number of nitrogens with one attached hydrogen (secondary N) is 2. The van der Waals surface area contributed by atoms with Gasteiger partial charge in [0.25, 0.3) is 0 Å². The first-order valence-electron chi connectivity index (χ1n) is 14.9. The van der Waals surface area contributed by atoms with E-state index >= 15 is 0 Å². The number of pyridine rings is 1. The number of nitrogens with zero attached hydrogens (tertiary/aromatic N) is 2. The lowest BCUT2D eigenvalue weighted by Crippen LogP contribution is -2.42. The van der Waals surface area contributed by atoms with Crippen molar-refractivity contribution < 1.29 is 19.1 Å². The lowest BCUT2D eigenvalue weighted by atomic mass is 9.94. The lowest BCUT2D eigenvalue weighted by Gasteiger charge is -2.32. The SMILES string of the molecule is COc1cccc(OCCN2CCC(C(=O)NC(c3ccc(Cl)cc3)c3ccccn3)CC2)c1.NC(=O)C1CCNCC1. The molecule has 0 bridgehead atoms. The number of methoxy groups -OCH3 is 1. The molecular formula is C33H42ClN5O4. The average molecular weight is 608 g/mol. The van der Waals surface area contributed by atoms with Crippen LogP contribution in [-0.2, 0) is 9.59 Å². The van der Waals surface area contributed by atoms with Gasteiger partial charge in [-0.3, -0.25) is 19.5 Å². The quantitative estimate of drug-likeness (QED) is 0.316. The Bertz CT molecular complexity index is 1280. The molecule has 2 amide bonds. The zero-order valence-corrected chi connectivity index (χ0v) is 25.5. The van der Waals surface area contributed by atoms with Crippen LogP contribution in [0.25, 0.3) is 0 Å². The molecule has 3 aromatic rings. The summed E-state index contributed by atoms with van der Waals surface area (Å²) >= 11 is 6.07. The molecule has 43 heavy (non-hydrogen) atoms. The number of halogens is 1. The molecule has 0 radical (unpaired) electrons. The van der Waals surface area contributed by atoms with Crippen LogP contribution in [0.4, 0.5) is 0 Å². The van der Waals surface area contributed by atoms with Crippen molar-refractivity contribution in [3.63, 3.8) is 0 Å². The van der Waals surface area contributed by atoms with E-state index in [-0.39, 0.29) is 29.7 Å². The molecule has 5 rings (SSSR count). The van der Waals surface area contributed by atoms with Gasteiger partial charge in [-0.05, 0) is 93.8 Å². The largest absolute Gasteiger partial charge is 0.497 e. The molecular weight excluding hydrogens is 566 g/mol. The summed E-state index contributed by atoms with van der Waals surface area (Å²) in [6, 6.07) is 20.6. The predicted octanol–water partition coefficient (Wildman–Crippen LogP) is 4.21. The van der Waals surface area contributed by atoms with Gasteiger partial charge in [0, 0.05) is 35.7 Å². The van der Waals surface area contributed by atoms with Crippen LogP contribution in [0.2, 0.25) is 5.02 Å². The molecule has 2 fully saturated rings. The summed E-state index contributed by atoms with van der Waals surface area (Å²) in [4.78, 5) is 30.5. The first kappa shape index (κ1) is 32.3. The Labute approximate surface area is 259 Å². The number of hydrogen-bond acceptors (Lipinski definition) is 7. The highest BCUT2D eigenvalue weighted by atomic mass is 35.5. The molecule has 0 spiro atoms. The van der Waals surface area contributed by atoms with Crippen molar-refractivity contribution >= 4 is 23.4 Å². The molecule has 0 aliphatic carbocycles. The topological polar surface area (TPSA) is 119 Å². The highest BCUT2D eigenvalue weighted by Gasteiger charge is 2.28. The number of benzene rings is 2. The minimum Gasteiger partial charge on any atom is -0.497 e. The number of hydrogen-bond donors (Lipinski definition) is 3. The van der Waals surface area contributed by atoms with Gasteiger partial charge >= 0.3 is 0 Å². The minimum absolute atomic E-state index is 0.0194. The number of primary amides is 1. The van der Waals surface area contributed by atoms with Crippen LogP contribution in [0.5, 0.6) is 11.5 Å². The molecule has 1 atom stereocenters. The molecule has 2 saturated heterocycles. The zero-order valence-electron chi connectivity index (χ0n) is 24.7. The van der Waals surface area contributed by atoms with Crippen LogP contribution in [0.15, 0.2) is 72.9 Å². The lowest BCUT2D eigenvalue weighted by molar-refractivity contribution is -0.127. The highest BCUT2D eigenvalue weighted by Crippen LogP contribution is 2.25. The highest BCUT2D eigenvalue weighted by molar-refractivity contribution is 6.30. The number of carbonyl (C=O) groups is 2. The van der Waals surface area contributed by atoms with Gasteiger partial charge in [-0.2, -0.15) is 0 Å². The van der Waals surface area contributed by atoms with E-state index in [0.29, 0.717) is 11.6 Å². The van der Waals surface area contributed by atoms with E-state index in [0.717, 1.165) is 81.2 Å². The van der Waals surface area contributed by atoms with Crippen molar-refractivity contribution in [2.75, 3.05) is 46.4 Å².